The molecule has 0 amide bonds. The van der Waals surface area contributed by atoms with Crippen molar-refractivity contribution in [2.75, 3.05) is 4.72 Å². The predicted molar refractivity (Wildman–Crippen MR) is 65.1 cm³/mol. The van der Waals surface area contributed by atoms with Crippen LogP contribution in [0, 0.1) is 11.6 Å². The van der Waals surface area contributed by atoms with Gasteiger partial charge in [-0.05, 0) is 19.1 Å². The highest BCUT2D eigenvalue weighted by Gasteiger charge is 2.18. The van der Waals surface area contributed by atoms with Crippen LogP contribution in [0.2, 0.25) is 0 Å². The number of aryl methyl sites for hydroxylation is 1. The molecule has 5 nitrogen and oxygen atoms in total. The Morgan fingerprint density at radius 3 is 2.74 bits per heavy atom. The van der Waals surface area contributed by atoms with Gasteiger partial charge in [0.25, 0.3) is 10.0 Å². The summed E-state index contributed by atoms with van der Waals surface area (Å²) in [6.07, 6.45) is 2.45. The third-order valence-corrected chi connectivity index (χ3v) is 3.74. The van der Waals surface area contributed by atoms with Gasteiger partial charge in [-0.1, -0.05) is 0 Å². The van der Waals surface area contributed by atoms with Gasteiger partial charge in [-0.15, -0.1) is 0 Å². The fourth-order valence-electron chi connectivity index (χ4n) is 1.44. The van der Waals surface area contributed by atoms with Gasteiger partial charge >= 0.3 is 0 Å². The monoisotopic (exact) mass is 287 g/mol. The molecule has 1 N–H and O–H groups in total. The average Bonchev–Trinajstić information content (AvgIpc) is 2.83. The van der Waals surface area contributed by atoms with E-state index in [-0.39, 0.29) is 4.90 Å². The van der Waals surface area contributed by atoms with Gasteiger partial charge in [-0.2, -0.15) is 5.10 Å². The van der Waals surface area contributed by atoms with Crippen molar-refractivity contribution in [3.05, 3.63) is 42.2 Å². The molecule has 0 aliphatic carbocycles. The zero-order valence-corrected chi connectivity index (χ0v) is 10.8. The standard InChI is InChI=1S/C11H11F2N3O2S/c1-2-16-7-9(6-14-16)19(17,18)15-11-5-8(12)3-4-10(11)13/h3-7,15H,2H2,1H3. The zero-order chi connectivity index (χ0) is 14.0. The van der Waals surface area contributed by atoms with Gasteiger partial charge in [0.05, 0.1) is 11.9 Å². The van der Waals surface area contributed by atoms with Crippen LogP contribution in [0.4, 0.5) is 14.5 Å². The van der Waals surface area contributed by atoms with Crippen LogP contribution >= 0.6 is 0 Å². The van der Waals surface area contributed by atoms with Crippen molar-refractivity contribution in [3.63, 3.8) is 0 Å². The summed E-state index contributed by atoms with van der Waals surface area (Å²) >= 11 is 0. The van der Waals surface area contributed by atoms with E-state index in [2.05, 4.69) is 5.10 Å². The van der Waals surface area contributed by atoms with E-state index in [0.717, 1.165) is 24.4 Å². The van der Waals surface area contributed by atoms with Crippen LogP contribution < -0.4 is 4.72 Å². The van der Waals surface area contributed by atoms with Crippen molar-refractivity contribution < 1.29 is 17.2 Å². The van der Waals surface area contributed by atoms with E-state index in [1.165, 1.54) is 10.9 Å². The summed E-state index contributed by atoms with van der Waals surface area (Å²) in [5.41, 5.74) is -0.441. The first-order chi connectivity index (χ1) is 8.92. The quantitative estimate of drug-likeness (QED) is 0.935. The van der Waals surface area contributed by atoms with Crippen molar-refractivity contribution >= 4 is 15.7 Å². The van der Waals surface area contributed by atoms with E-state index in [4.69, 9.17) is 0 Å². The topological polar surface area (TPSA) is 64.0 Å². The highest BCUT2D eigenvalue weighted by molar-refractivity contribution is 7.92. The minimum absolute atomic E-state index is 0.113. The molecule has 19 heavy (non-hydrogen) atoms. The maximum atomic E-state index is 13.4. The molecular formula is C11H11F2N3O2S. The Balaban J connectivity index is 2.33. The molecule has 0 saturated heterocycles. The zero-order valence-electron chi connectivity index (χ0n) is 9.97. The molecule has 1 aromatic heterocycles. The van der Waals surface area contributed by atoms with Crippen molar-refractivity contribution in [3.8, 4) is 0 Å². The van der Waals surface area contributed by atoms with Gasteiger partial charge in [-0.3, -0.25) is 9.40 Å². The molecule has 102 valence electrons. The number of halogens is 2. The Bertz CT molecular complexity index is 698. The molecule has 0 fully saturated rings. The van der Waals surface area contributed by atoms with Gasteiger partial charge < -0.3 is 0 Å². The summed E-state index contributed by atoms with van der Waals surface area (Å²) in [5, 5.41) is 3.81. The van der Waals surface area contributed by atoms with Crippen molar-refractivity contribution in [2.24, 2.45) is 0 Å². The number of aromatic nitrogens is 2. The molecule has 2 aromatic rings. The van der Waals surface area contributed by atoms with Crippen LogP contribution in [0.5, 0.6) is 0 Å². The van der Waals surface area contributed by atoms with E-state index < -0.39 is 27.3 Å². The molecule has 0 unspecified atom stereocenters. The number of nitrogens with one attached hydrogen (secondary N) is 1. The number of hydrogen-bond donors (Lipinski definition) is 1. The minimum atomic E-state index is -3.98. The van der Waals surface area contributed by atoms with Gasteiger partial charge in [-0.25, -0.2) is 17.2 Å². The lowest BCUT2D eigenvalue weighted by atomic mass is 10.3. The number of rotatable bonds is 4. The minimum Gasteiger partial charge on any atom is -0.276 e. The van der Waals surface area contributed by atoms with E-state index >= 15 is 0 Å². The van der Waals surface area contributed by atoms with E-state index in [0.29, 0.717) is 6.54 Å². The number of benzene rings is 1. The number of sulfonamides is 1. The second kappa shape index (κ2) is 4.96. The highest BCUT2D eigenvalue weighted by atomic mass is 32.2. The molecule has 1 aromatic carbocycles. The van der Waals surface area contributed by atoms with E-state index in [1.54, 1.807) is 6.92 Å². The molecule has 0 atom stereocenters. The largest absolute Gasteiger partial charge is 0.276 e. The third-order valence-electron chi connectivity index (χ3n) is 2.42. The fraction of sp³-hybridized carbons (Fsp3) is 0.182. The second-order valence-electron chi connectivity index (χ2n) is 3.76. The van der Waals surface area contributed by atoms with Crippen LogP contribution in [-0.2, 0) is 16.6 Å². The fourth-order valence-corrected chi connectivity index (χ4v) is 2.45. The normalized spacial score (nSPS) is 11.5. The smallest absolute Gasteiger partial charge is 0.265 e. The molecule has 0 bridgehead atoms. The van der Waals surface area contributed by atoms with E-state index in [9.17, 15) is 17.2 Å². The Morgan fingerprint density at radius 2 is 2.11 bits per heavy atom. The maximum absolute atomic E-state index is 13.4. The summed E-state index contributed by atoms with van der Waals surface area (Å²) in [6.45, 7) is 2.30. The van der Waals surface area contributed by atoms with Crippen molar-refractivity contribution in [1.29, 1.82) is 0 Å². The summed E-state index contributed by atoms with van der Waals surface area (Å²) in [5.74, 6) is -1.59. The third kappa shape index (κ3) is 2.90. The van der Waals surface area contributed by atoms with Crippen LogP contribution in [0.15, 0.2) is 35.5 Å². The van der Waals surface area contributed by atoms with Gasteiger partial charge in [0.2, 0.25) is 0 Å². The molecule has 1 heterocycles. The van der Waals surface area contributed by atoms with Crippen LogP contribution in [0.3, 0.4) is 0 Å². The van der Waals surface area contributed by atoms with Crippen LogP contribution in [0.1, 0.15) is 6.92 Å². The summed E-state index contributed by atoms with van der Waals surface area (Å²) < 4.78 is 53.6. The molecular weight excluding hydrogens is 276 g/mol. The van der Waals surface area contributed by atoms with Crippen LogP contribution in [-0.4, -0.2) is 18.2 Å². The molecule has 8 heteroatoms. The Labute approximate surface area is 108 Å². The lowest BCUT2D eigenvalue weighted by Gasteiger charge is -2.07. The molecule has 2 rings (SSSR count). The lowest BCUT2D eigenvalue weighted by Crippen LogP contribution is -2.13. The van der Waals surface area contributed by atoms with Gasteiger partial charge in [0.1, 0.15) is 16.5 Å². The maximum Gasteiger partial charge on any atom is 0.265 e. The number of anilines is 1. The molecule has 0 aliphatic rings. The van der Waals surface area contributed by atoms with Crippen molar-refractivity contribution in [2.45, 2.75) is 18.4 Å². The van der Waals surface area contributed by atoms with Crippen LogP contribution in [0.25, 0.3) is 0 Å². The summed E-state index contributed by atoms with van der Waals surface area (Å²) in [6, 6.07) is 2.53. The Hall–Kier alpha value is -1.96. The van der Waals surface area contributed by atoms with Gasteiger partial charge in [0.15, 0.2) is 0 Å². The highest BCUT2D eigenvalue weighted by Crippen LogP contribution is 2.19. The first-order valence-corrected chi connectivity index (χ1v) is 6.91. The van der Waals surface area contributed by atoms with Gasteiger partial charge in [0, 0.05) is 18.8 Å². The molecule has 0 saturated carbocycles. The average molecular weight is 287 g/mol. The predicted octanol–water partition coefficient (Wildman–Crippen LogP) is 1.98. The summed E-state index contributed by atoms with van der Waals surface area (Å²) in [7, 11) is -3.98. The SMILES string of the molecule is CCn1cc(S(=O)(=O)Nc2cc(F)ccc2F)cn1. The molecule has 0 radical (unpaired) electrons. The van der Waals surface area contributed by atoms with E-state index in [1.807, 2.05) is 4.72 Å². The summed E-state index contributed by atoms with van der Waals surface area (Å²) in [4.78, 5) is -0.113. The first kappa shape index (κ1) is 13.5. The lowest BCUT2D eigenvalue weighted by molar-refractivity contribution is 0.594. The number of nitrogens with zero attached hydrogens (tertiary/aromatic N) is 2. The second-order valence-corrected chi connectivity index (χ2v) is 5.44. The molecule has 0 aliphatic heterocycles. The van der Waals surface area contributed by atoms with Crippen molar-refractivity contribution in [1.82, 2.24) is 9.78 Å². The molecule has 0 spiro atoms. The Kier molecular flexibility index (Phi) is 3.52. The number of hydrogen-bond acceptors (Lipinski definition) is 3. The Morgan fingerprint density at radius 1 is 1.37 bits per heavy atom. The first-order valence-electron chi connectivity index (χ1n) is 5.42.